The summed E-state index contributed by atoms with van der Waals surface area (Å²) in [5, 5.41) is 2.57. The summed E-state index contributed by atoms with van der Waals surface area (Å²) in [6.07, 6.45) is 0.318. The number of nitrogens with one attached hydrogen (secondary N) is 1. The SMILES string of the molecule is CC(=O)c1cccc(NC(=O)COC(=O)C(C)Cc2cccc(F)c2)c1. The van der Waals surface area contributed by atoms with Crippen LogP contribution in [0.25, 0.3) is 0 Å². The lowest BCUT2D eigenvalue weighted by Crippen LogP contribution is -2.24. The molecule has 1 unspecified atom stereocenters. The van der Waals surface area contributed by atoms with Gasteiger partial charge in [-0.05, 0) is 43.2 Å². The Bertz CT molecular complexity index is 819. The van der Waals surface area contributed by atoms with E-state index in [0.717, 1.165) is 0 Å². The minimum absolute atomic E-state index is 0.112. The van der Waals surface area contributed by atoms with Crippen LogP contribution in [0.5, 0.6) is 0 Å². The van der Waals surface area contributed by atoms with Crippen LogP contribution in [0, 0.1) is 11.7 Å². The molecule has 1 amide bonds. The van der Waals surface area contributed by atoms with E-state index in [-0.39, 0.29) is 11.6 Å². The fourth-order valence-electron chi connectivity index (χ4n) is 2.39. The molecule has 0 aliphatic carbocycles. The Morgan fingerprint density at radius 3 is 2.54 bits per heavy atom. The average Bonchev–Trinajstić information content (AvgIpc) is 2.59. The van der Waals surface area contributed by atoms with Crippen molar-refractivity contribution < 1.29 is 23.5 Å². The average molecular weight is 357 g/mol. The smallest absolute Gasteiger partial charge is 0.309 e. The molecule has 0 saturated carbocycles. The van der Waals surface area contributed by atoms with Gasteiger partial charge in [-0.2, -0.15) is 0 Å². The van der Waals surface area contributed by atoms with Crippen molar-refractivity contribution in [1.82, 2.24) is 0 Å². The number of Topliss-reactive ketones (excluding diaryl/α,β-unsaturated/α-hetero) is 1. The molecule has 0 bridgehead atoms. The van der Waals surface area contributed by atoms with Crippen molar-refractivity contribution in [2.45, 2.75) is 20.3 Å². The summed E-state index contributed by atoms with van der Waals surface area (Å²) < 4.78 is 18.2. The predicted octanol–water partition coefficient (Wildman–Crippen LogP) is 3.39. The maximum absolute atomic E-state index is 13.2. The van der Waals surface area contributed by atoms with Crippen LogP contribution in [0.1, 0.15) is 29.8 Å². The van der Waals surface area contributed by atoms with Gasteiger partial charge in [0, 0.05) is 11.3 Å². The number of esters is 1. The lowest BCUT2D eigenvalue weighted by Gasteiger charge is -2.12. The van der Waals surface area contributed by atoms with Crippen LogP contribution >= 0.6 is 0 Å². The number of anilines is 1. The van der Waals surface area contributed by atoms with Gasteiger partial charge in [0.25, 0.3) is 5.91 Å². The minimum Gasteiger partial charge on any atom is -0.455 e. The minimum atomic E-state index is -0.540. The molecule has 0 aliphatic rings. The van der Waals surface area contributed by atoms with Crippen molar-refractivity contribution in [2.24, 2.45) is 5.92 Å². The van der Waals surface area contributed by atoms with E-state index in [0.29, 0.717) is 23.2 Å². The van der Waals surface area contributed by atoms with Crippen LogP contribution in [-0.4, -0.2) is 24.3 Å². The number of ketones is 1. The number of amides is 1. The second-order valence-electron chi connectivity index (χ2n) is 6.03. The first-order valence-electron chi connectivity index (χ1n) is 8.17. The molecular formula is C20H20FNO4. The summed E-state index contributed by atoms with van der Waals surface area (Å²) in [5.74, 6) is -2.03. The highest BCUT2D eigenvalue weighted by atomic mass is 19.1. The van der Waals surface area contributed by atoms with E-state index in [1.54, 1.807) is 43.3 Å². The molecule has 2 rings (SSSR count). The Labute approximate surface area is 151 Å². The van der Waals surface area contributed by atoms with Crippen molar-refractivity contribution in [3.05, 3.63) is 65.5 Å². The van der Waals surface area contributed by atoms with Gasteiger partial charge in [-0.15, -0.1) is 0 Å². The van der Waals surface area contributed by atoms with Crippen LogP contribution in [0.3, 0.4) is 0 Å². The third-order valence-corrected chi connectivity index (χ3v) is 3.73. The Hall–Kier alpha value is -3.02. The summed E-state index contributed by atoms with van der Waals surface area (Å²) >= 11 is 0. The van der Waals surface area contributed by atoms with Gasteiger partial charge >= 0.3 is 5.97 Å². The number of halogens is 1. The first-order valence-corrected chi connectivity index (χ1v) is 8.17. The monoisotopic (exact) mass is 357 g/mol. The largest absolute Gasteiger partial charge is 0.455 e. The molecule has 0 aromatic heterocycles. The van der Waals surface area contributed by atoms with Crippen LogP contribution < -0.4 is 5.32 Å². The molecule has 2 aromatic carbocycles. The van der Waals surface area contributed by atoms with Crippen LogP contribution in [0.2, 0.25) is 0 Å². The van der Waals surface area contributed by atoms with Gasteiger partial charge in [-0.3, -0.25) is 14.4 Å². The molecule has 2 aromatic rings. The highest BCUT2D eigenvalue weighted by molar-refractivity contribution is 5.97. The van der Waals surface area contributed by atoms with Crippen LogP contribution in [0.15, 0.2) is 48.5 Å². The Morgan fingerprint density at radius 1 is 1.12 bits per heavy atom. The van der Waals surface area contributed by atoms with E-state index in [9.17, 15) is 18.8 Å². The molecule has 1 N–H and O–H groups in total. The van der Waals surface area contributed by atoms with Crippen LogP contribution in [0.4, 0.5) is 10.1 Å². The van der Waals surface area contributed by atoms with E-state index in [1.807, 2.05) is 0 Å². The molecule has 0 spiro atoms. The zero-order valence-electron chi connectivity index (χ0n) is 14.6. The Balaban J connectivity index is 1.83. The van der Waals surface area contributed by atoms with Gasteiger partial charge in [-0.1, -0.05) is 31.2 Å². The highest BCUT2D eigenvalue weighted by Gasteiger charge is 2.17. The number of ether oxygens (including phenoxy) is 1. The zero-order valence-corrected chi connectivity index (χ0v) is 14.6. The standard InChI is InChI=1S/C20H20FNO4/c1-13(9-15-5-3-7-17(21)10-15)20(25)26-12-19(24)22-18-8-4-6-16(11-18)14(2)23/h3-8,10-11,13H,9,12H2,1-2H3,(H,22,24). The molecule has 0 radical (unpaired) electrons. The molecule has 5 nitrogen and oxygen atoms in total. The van der Waals surface area contributed by atoms with Crippen molar-refractivity contribution in [1.29, 1.82) is 0 Å². The fourth-order valence-corrected chi connectivity index (χ4v) is 2.39. The Kier molecular flexibility index (Phi) is 6.60. The number of hydrogen-bond donors (Lipinski definition) is 1. The summed E-state index contributed by atoms with van der Waals surface area (Å²) in [6.45, 7) is 2.65. The van der Waals surface area contributed by atoms with Crippen molar-refractivity contribution >= 4 is 23.3 Å². The fraction of sp³-hybridized carbons (Fsp3) is 0.250. The lowest BCUT2D eigenvalue weighted by molar-refractivity contribution is -0.151. The normalized spacial score (nSPS) is 11.5. The molecule has 26 heavy (non-hydrogen) atoms. The summed E-state index contributed by atoms with van der Waals surface area (Å²) in [6, 6.07) is 12.5. The lowest BCUT2D eigenvalue weighted by atomic mass is 10.0. The third-order valence-electron chi connectivity index (χ3n) is 3.73. The number of carbonyl (C=O) groups excluding carboxylic acids is 3. The van der Waals surface area contributed by atoms with Crippen molar-refractivity contribution in [3.63, 3.8) is 0 Å². The van der Waals surface area contributed by atoms with E-state index in [1.165, 1.54) is 19.1 Å². The van der Waals surface area contributed by atoms with Gasteiger partial charge in [0.2, 0.25) is 0 Å². The van der Waals surface area contributed by atoms with Crippen molar-refractivity contribution in [3.8, 4) is 0 Å². The maximum atomic E-state index is 13.2. The Morgan fingerprint density at radius 2 is 1.85 bits per heavy atom. The number of benzene rings is 2. The molecule has 1 atom stereocenters. The maximum Gasteiger partial charge on any atom is 0.309 e. The van der Waals surface area contributed by atoms with Gasteiger partial charge < -0.3 is 10.1 Å². The quantitative estimate of drug-likeness (QED) is 0.609. The number of carbonyl (C=O) groups is 3. The number of rotatable bonds is 7. The van der Waals surface area contributed by atoms with Gasteiger partial charge in [0.05, 0.1) is 5.92 Å². The van der Waals surface area contributed by atoms with Crippen molar-refractivity contribution in [2.75, 3.05) is 11.9 Å². The summed E-state index contributed by atoms with van der Waals surface area (Å²) in [4.78, 5) is 35.2. The summed E-state index contributed by atoms with van der Waals surface area (Å²) in [7, 11) is 0. The molecule has 0 saturated heterocycles. The van der Waals surface area contributed by atoms with E-state index in [4.69, 9.17) is 4.74 Å². The van der Waals surface area contributed by atoms with Gasteiger partial charge in [-0.25, -0.2) is 4.39 Å². The number of hydrogen-bond acceptors (Lipinski definition) is 4. The second kappa shape index (κ2) is 8.89. The molecule has 6 heteroatoms. The van der Waals surface area contributed by atoms with E-state index in [2.05, 4.69) is 5.32 Å². The predicted molar refractivity (Wildman–Crippen MR) is 95.3 cm³/mol. The molecule has 0 fully saturated rings. The van der Waals surface area contributed by atoms with Gasteiger partial charge in [0.15, 0.2) is 12.4 Å². The first kappa shape index (κ1) is 19.3. The van der Waals surface area contributed by atoms with Crippen LogP contribution in [-0.2, 0) is 20.7 Å². The highest BCUT2D eigenvalue weighted by Crippen LogP contribution is 2.13. The second-order valence-corrected chi connectivity index (χ2v) is 6.03. The molecule has 136 valence electrons. The molecule has 0 heterocycles. The van der Waals surface area contributed by atoms with Gasteiger partial charge in [0.1, 0.15) is 5.82 Å². The van der Waals surface area contributed by atoms with E-state index >= 15 is 0 Å². The topological polar surface area (TPSA) is 72.5 Å². The zero-order chi connectivity index (χ0) is 19.1. The molecule has 0 aliphatic heterocycles. The summed E-state index contributed by atoms with van der Waals surface area (Å²) in [5.41, 5.74) is 1.61. The van der Waals surface area contributed by atoms with E-state index < -0.39 is 24.4 Å². The first-order chi connectivity index (χ1) is 12.3. The third kappa shape index (κ3) is 5.81. The molecular weight excluding hydrogens is 337 g/mol.